The minimum absolute atomic E-state index is 0.00463. The summed E-state index contributed by atoms with van der Waals surface area (Å²) < 4.78 is 67.6. The van der Waals surface area contributed by atoms with Gasteiger partial charge in [-0.3, -0.25) is 9.59 Å². The van der Waals surface area contributed by atoms with Gasteiger partial charge in [0.2, 0.25) is 0 Å². The number of carbonyl (C=O) groups is 2. The quantitative estimate of drug-likeness (QED) is 0.412. The second-order valence-electron chi connectivity index (χ2n) is 6.43. The van der Waals surface area contributed by atoms with Crippen molar-refractivity contribution in [1.29, 1.82) is 0 Å². The van der Waals surface area contributed by atoms with Crippen molar-refractivity contribution in [2.45, 2.75) is 19.0 Å². The molecule has 10 heteroatoms. The van der Waals surface area contributed by atoms with Crippen molar-refractivity contribution in [3.05, 3.63) is 76.3 Å². The molecule has 0 aliphatic heterocycles. The molecule has 166 valence electrons. The Bertz CT molecular complexity index is 958. The van der Waals surface area contributed by atoms with Gasteiger partial charge in [-0.15, -0.1) is 0 Å². The van der Waals surface area contributed by atoms with Crippen molar-refractivity contribution in [3.63, 3.8) is 0 Å². The zero-order chi connectivity index (χ0) is 23.0. The van der Waals surface area contributed by atoms with Crippen molar-refractivity contribution in [2.24, 2.45) is 0 Å². The first kappa shape index (κ1) is 24.3. The second kappa shape index (κ2) is 10.9. The summed E-state index contributed by atoms with van der Waals surface area (Å²) in [7, 11) is 0. The van der Waals surface area contributed by atoms with Crippen LogP contribution in [-0.2, 0) is 11.2 Å². The fourth-order valence-corrected chi connectivity index (χ4v) is 2.68. The normalized spacial score (nSPS) is 11.9. The van der Waals surface area contributed by atoms with Crippen LogP contribution in [0.15, 0.2) is 54.4 Å². The standard InChI is InChI=1S/C21H17ClF5NO3/c22-17-10-15(18(29)9-13-1-4-16(24)5-2-13)3-6-19(17)31-12-14(11-23)7-8-28-20(30)21(25,26)27/h1-6,10-11H,7-9,12H2,(H,28,30)/b14-11-. The molecule has 2 aromatic carbocycles. The van der Waals surface area contributed by atoms with Crippen LogP contribution in [0.2, 0.25) is 5.02 Å². The molecule has 0 unspecified atom stereocenters. The second-order valence-corrected chi connectivity index (χ2v) is 6.84. The number of rotatable bonds is 9. The van der Waals surface area contributed by atoms with Crippen LogP contribution in [-0.4, -0.2) is 31.0 Å². The molecular formula is C21H17ClF5NO3. The fraction of sp³-hybridized carbons (Fsp3) is 0.238. The Morgan fingerprint density at radius 3 is 2.35 bits per heavy atom. The molecule has 1 N–H and O–H groups in total. The Balaban J connectivity index is 1.90. The zero-order valence-electron chi connectivity index (χ0n) is 15.9. The SMILES string of the molecule is O=C(Cc1ccc(F)cc1)c1ccc(OC/C(=C\F)CCNC(=O)C(F)(F)F)c(Cl)c1. The van der Waals surface area contributed by atoms with Crippen molar-refractivity contribution < 1.29 is 36.3 Å². The lowest BCUT2D eigenvalue weighted by atomic mass is 10.0. The molecule has 0 atom stereocenters. The number of alkyl halides is 3. The summed E-state index contributed by atoms with van der Waals surface area (Å²) in [6.45, 7) is -0.747. The van der Waals surface area contributed by atoms with Gasteiger partial charge in [-0.05, 0) is 47.9 Å². The molecule has 0 radical (unpaired) electrons. The highest BCUT2D eigenvalue weighted by molar-refractivity contribution is 6.32. The number of halogens is 6. The number of ketones is 1. The third-order valence-electron chi connectivity index (χ3n) is 4.09. The highest BCUT2D eigenvalue weighted by atomic mass is 35.5. The van der Waals surface area contributed by atoms with E-state index in [0.717, 1.165) is 0 Å². The largest absolute Gasteiger partial charge is 0.488 e. The van der Waals surface area contributed by atoms with E-state index in [1.54, 1.807) is 5.32 Å². The van der Waals surface area contributed by atoms with Crippen LogP contribution in [0.25, 0.3) is 0 Å². The lowest BCUT2D eigenvalue weighted by Crippen LogP contribution is -2.37. The van der Waals surface area contributed by atoms with Gasteiger partial charge in [0.25, 0.3) is 0 Å². The zero-order valence-corrected chi connectivity index (χ0v) is 16.7. The molecule has 0 saturated carbocycles. The van der Waals surface area contributed by atoms with E-state index >= 15 is 0 Å². The Morgan fingerprint density at radius 1 is 1.10 bits per heavy atom. The summed E-state index contributed by atoms with van der Waals surface area (Å²) in [6, 6.07) is 9.71. The minimum atomic E-state index is -5.01. The molecule has 0 aliphatic carbocycles. The van der Waals surface area contributed by atoms with Crippen LogP contribution in [0, 0.1) is 5.82 Å². The number of amides is 1. The summed E-state index contributed by atoms with van der Waals surface area (Å²) >= 11 is 6.10. The predicted molar refractivity (Wildman–Crippen MR) is 104 cm³/mol. The van der Waals surface area contributed by atoms with Crippen LogP contribution in [0.5, 0.6) is 5.75 Å². The molecule has 31 heavy (non-hydrogen) atoms. The maximum absolute atomic E-state index is 12.9. The molecule has 4 nitrogen and oxygen atoms in total. The number of ether oxygens (including phenoxy) is 1. The lowest BCUT2D eigenvalue weighted by molar-refractivity contribution is -0.173. The Morgan fingerprint density at radius 2 is 1.77 bits per heavy atom. The number of nitrogens with one attached hydrogen (secondary N) is 1. The van der Waals surface area contributed by atoms with Gasteiger partial charge in [-0.25, -0.2) is 8.78 Å². The average molecular weight is 462 g/mol. The maximum Gasteiger partial charge on any atom is 0.471 e. The first-order valence-electron chi connectivity index (χ1n) is 8.93. The minimum Gasteiger partial charge on any atom is -0.488 e. The monoisotopic (exact) mass is 461 g/mol. The molecule has 1 amide bonds. The van der Waals surface area contributed by atoms with Crippen molar-refractivity contribution in [2.75, 3.05) is 13.2 Å². The number of benzene rings is 2. The van der Waals surface area contributed by atoms with Gasteiger partial charge in [-0.1, -0.05) is 23.7 Å². The number of hydrogen-bond acceptors (Lipinski definition) is 3. The van der Waals surface area contributed by atoms with Gasteiger partial charge in [-0.2, -0.15) is 13.2 Å². The number of carbonyl (C=O) groups excluding carboxylic acids is 2. The van der Waals surface area contributed by atoms with E-state index in [1.807, 2.05) is 0 Å². The maximum atomic E-state index is 12.9. The summed E-state index contributed by atoms with van der Waals surface area (Å²) in [5.74, 6) is -2.65. The van der Waals surface area contributed by atoms with E-state index in [2.05, 4.69) is 0 Å². The summed E-state index contributed by atoms with van der Waals surface area (Å²) in [5.41, 5.74) is 0.908. The third-order valence-corrected chi connectivity index (χ3v) is 4.38. The highest BCUT2D eigenvalue weighted by Crippen LogP contribution is 2.27. The predicted octanol–water partition coefficient (Wildman–Crippen LogP) is 5.21. The molecule has 0 bridgehead atoms. The third kappa shape index (κ3) is 7.67. The summed E-state index contributed by atoms with van der Waals surface area (Å²) in [6.07, 6.45) is -5.01. The van der Waals surface area contributed by atoms with E-state index in [4.69, 9.17) is 16.3 Å². The molecule has 0 aliphatic rings. The lowest BCUT2D eigenvalue weighted by Gasteiger charge is -2.12. The van der Waals surface area contributed by atoms with Crippen LogP contribution in [0.4, 0.5) is 22.0 Å². The van der Waals surface area contributed by atoms with Gasteiger partial charge in [0.1, 0.15) is 18.2 Å². The smallest absolute Gasteiger partial charge is 0.471 e. The fourth-order valence-electron chi connectivity index (χ4n) is 2.45. The van der Waals surface area contributed by atoms with Crippen LogP contribution in [0.1, 0.15) is 22.3 Å². The molecule has 0 aromatic heterocycles. The summed E-state index contributed by atoms with van der Waals surface area (Å²) in [4.78, 5) is 23.1. The number of hydrogen-bond donors (Lipinski definition) is 1. The van der Waals surface area contributed by atoms with E-state index < -0.39 is 24.4 Å². The van der Waals surface area contributed by atoms with Crippen molar-refractivity contribution in [3.8, 4) is 5.75 Å². The molecule has 0 heterocycles. The molecule has 2 aromatic rings. The first-order valence-corrected chi connectivity index (χ1v) is 9.31. The van der Waals surface area contributed by atoms with E-state index in [-0.39, 0.29) is 53.5 Å². The molecule has 0 spiro atoms. The van der Waals surface area contributed by atoms with Gasteiger partial charge >= 0.3 is 12.1 Å². The Kier molecular flexibility index (Phi) is 8.56. The van der Waals surface area contributed by atoms with Gasteiger partial charge < -0.3 is 10.1 Å². The Labute approximate surface area is 179 Å². The van der Waals surface area contributed by atoms with Crippen LogP contribution < -0.4 is 10.1 Å². The van der Waals surface area contributed by atoms with E-state index in [9.17, 15) is 31.5 Å². The van der Waals surface area contributed by atoms with Crippen molar-refractivity contribution in [1.82, 2.24) is 5.32 Å². The topological polar surface area (TPSA) is 55.4 Å². The van der Waals surface area contributed by atoms with E-state index in [0.29, 0.717) is 5.56 Å². The molecular weight excluding hydrogens is 445 g/mol. The van der Waals surface area contributed by atoms with Gasteiger partial charge in [0.15, 0.2) is 5.78 Å². The van der Waals surface area contributed by atoms with Crippen LogP contribution in [0.3, 0.4) is 0 Å². The van der Waals surface area contributed by atoms with Crippen molar-refractivity contribution >= 4 is 23.3 Å². The molecule has 0 saturated heterocycles. The van der Waals surface area contributed by atoms with E-state index in [1.165, 1.54) is 42.5 Å². The Hall–Kier alpha value is -2.94. The van der Waals surface area contributed by atoms with Gasteiger partial charge in [0.05, 0.1) is 11.4 Å². The molecule has 2 rings (SSSR count). The average Bonchev–Trinajstić information content (AvgIpc) is 2.72. The van der Waals surface area contributed by atoms with Crippen LogP contribution >= 0.6 is 11.6 Å². The first-order chi connectivity index (χ1) is 14.6. The molecule has 0 fully saturated rings. The number of Topliss-reactive ketones (excluding diaryl/α,β-unsaturated/α-hetero) is 1. The summed E-state index contributed by atoms with van der Waals surface area (Å²) in [5, 5.41) is 1.71. The highest BCUT2D eigenvalue weighted by Gasteiger charge is 2.38. The van der Waals surface area contributed by atoms with Gasteiger partial charge in [0, 0.05) is 18.5 Å².